The number of aryl methyl sites for hydroxylation is 2. The Balaban J connectivity index is 1.81. The van der Waals surface area contributed by atoms with Gasteiger partial charge < -0.3 is 4.90 Å². The number of aromatic nitrogens is 2. The molecule has 33 heavy (non-hydrogen) atoms. The number of hydrogen-bond donors (Lipinski definition) is 0. The van der Waals surface area contributed by atoms with Crippen LogP contribution in [0, 0.1) is 13.8 Å². The molecule has 0 atom stereocenters. The molecular formula is C28H25N3O2. The Kier molecular flexibility index (Phi) is 5.17. The van der Waals surface area contributed by atoms with Gasteiger partial charge in [0.05, 0.1) is 27.9 Å². The van der Waals surface area contributed by atoms with Crippen LogP contribution in [0.2, 0.25) is 0 Å². The minimum atomic E-state index is -0.154. The summed E-state index contributed by atoms with van der Waals surface area (Å²) in [6, 6.07) is 21.1. The molecule has 5 heteroatoms. The van der Waals surface area contributed by atoms with Crippen LogP contribution in [-0.4, -0.2) is 22.0 Å². The average Bonchev–Trinajstić information content (AvgIpc) is 3.05. The molecule has 0 saturated carbocycles. The average molecular weight is 436 g/mol. The molecule has 0 spiro atoms. The van der Waals surface area contributed by atoms with Gasteiger partial charge in [-0.15, -0.1) is 0 Å². The van der Waals surface area contributed by atoms with Gasteiger partial charge in [0, 0.05) is 12.1 Å². The van der Waals surface area contributed by atoms with E-state index in [0.717, 1.165) is 34.5 Å². The summed E-state index contributed by atoms with van der Waals surface area (Å²) in [6.07, 6.45) is 2.63. The zero-order valence-electron chi connectivity index (χ0n) is 19.0. The third-order valence-corrected chi connectivity index (χ3v) is 5.99. The first-order valence-corrected chi connectivity index (χ1v) is 11.2. The largest absolute Gasteiger partial charge is 0.308 e. The van der Waals surface area contributed by atoms with Crippen LogP contribution in [-0.2, 0) is 4.79 Å². The zero-order chi connectivity index (χ0) is 23.1. The lowest BCUT2D eigenvalue weighted by atomic mass is 10.0. The van der Waals surface area contributed by atoms with Gasteiger partial charge in [0.15, 0.2) is 0 Å². The predicted octanol–water partition coefficient (Wildman–Crippen LogP) is 5.30. The van der Waals surface area contributed by atoms with Crippen LogP contribution >= 0.6 is 0 Å². The molecule has 0 bridgehead atoms. The lowest BCUT2D eigenvalue weighted by Crippen LogP contribution is -2.27. The molecule has 5 rings (SSSR count). The summed E-state index contributed by atoms with van der Waals surface area (Å²) >= 11 is 0. The molecular weight excluding hydrogens is 410 g/mol. The van der Waals surface area contributed by atoms with Gasteiger partial charge >= 0.3 is 0 Å². The van der Waals surface area contributed by atoms with Crippen LogP contribution in [0.5, 0.6) is 0 Å². The fourth-order valence-electron chi connectivity index (χ4n) is 4.45. The highest BCUT2D eigenvalue weighted by atomic mass is 16.2. The van der Waals surface area contributed by atoms with E-state index in [0.29, 0.717) is 28.8 Å². The summed E-state index contributed by atoms with van der Waals surface area (Å²) in [6.45, 7) is 6.70. The maximum Gasteiger partial charge on any atom is 0.266 e. The first-order chi connectivity index (χ1) is 16.0. The molecule has 3 aromatic carbocycles. The number of carbonyl (C=O) groups excluding carboxylic acids is 1. The van der Waals surface area contributed by atoms with Gasteiger partial charge in [-0.05, 0) is 68.3 Å². The van der Waals surface area contributed by atoms with Gasteiger partial charge in [0.1, 0.15) is 5.82 Å². The minimum absolute atomic E-state index is 0.0596. The molecule has 0 radical (unpaired) electrons. The summed E-state index contributed by atoms with van der Waals surface area (Å²) in [4.78, 5) is 33.7. The zero-order valence-corrected chi connectivity index (χ0v) is 19.0. The van der Waals surface area contributed by atoms with E-state index < -0.39 is 0 Å². The van der Waals surface area contributed by atoms with Crippen LogP contribution in [0.1, 0.15) is 35.9 Å². The van der Waals surface area contributed by atoms with E-state index in [1.54, 1.807) is 16.7 Å². The molecule has 1 aromatic heterocycles. The van der Waals surface area contributed by atoms with Crippen molar-refractivity contribution in [3.05, 3.63) is 99.6 Å². The number of amides is 1. The monoisotopic (exact) mass is 435 g/mol. The summed E-state index contributed by atoms with van der Waals surface area (Å²) in [5.74, 6) is 0.383. The second-order valence-electron chi connectivity index (χ2n) is 8.50. The van der Waals surface area contributed by atoms with Crippen molar-refractivity contribution in [2.45, 2.75) is 27.2 Å². The molecule has 5 nitrogen and oxygen atoms in total. The minimum Gasteiger partial charge on any atom is -0.308 e. The molecule has 164 valence electrons. The summed E-state index contributed by atoms with van der Waals surface area (Å²) in [5.41, 5.74) is 5.65. The number of fused-ring (bicyclic) bond motifs is 2. The van der Waals surface area contributed by atoms with Gasteiger partial charge in [-0.2, -0.15) is 0 Å². The lowest BCUT2D eigenvalue weighted by molar-refractivity contribution is -0.113. The molecule has 2 heterocycles. The highest BCUT2D eigenvalue weighted by Gasteiger charge is 2.32. The predicted molar refractivity (Wildman–Crippen MR) is 134 cm³/mol. The highest BCUT2D eigenvalue weighted by Crippen LogP contribution is 2.38. The number of rotatable bonds is 4. The molecule has 1 amide bonds. The SMILES string of the molecule is CCCN1C(=O)/C(=C\c2nc3ccccc3c(=O)n2-c2cccc(C)c2)c2cc(C)ccc21. The highest BCUT2D eigenvalue weighted by molar-refractivity contribution is 6.35. The van der Waals surface area contributed by atoms with E-state index in [1.165, 1.54) is 0 Å². The molecule has 1 aliphatic rings. The third kappa shape index (κ3) is 3.55. The van der Waals surface area contributed by atoms with E-state index in [9.17, 15) is 9.59 Å². The summed E-state index contributed by atoms with van der Waals surface area (Å²) in [7, 11) is 0. The van der Waals surface area contributed by atoms with Crippen molar-refractivity contribution in [1.82, 2.24) is 9.55 Å². The smallest absolute Gasteiger partial charge is 0.266 e. The number of para-hydroxylation sites is 1. The van der Waals surface area contributed by atoms with Crippen LogP contribution < -0.4 is 10.5 Å². The third-order valence-electron chi connectivity index (χ3n) is 5.99. The second-order valence-corrected chi connectivity index (χ2v) is 8.50. The van der Waals surface area contributed by atoms with Crippen molar-refractivity contribution >= 4 is 34.1 Å². The molecule has 0 fully saturated rings. The van der Waals surface area contributed by atoms with Gasteiger partial charge in [-0.25, -0.2) is 4.98 Å². The topological polar surface area (TPSA) is 55.2 Å². The Morgan fingerprint density at radius 2 is 1.70 bits per heavy atom. The van der Waals surface area contributed by atoms with Crippen molar-refractivity contribution in [1.29, 1.82) is 0 Å². The van der Waals surface area contributed by atoms with Gasteiger partial charge in [0.25, 0.3) is 11.5 Å². The molecule has 0 N–H and O–H groups in total. The number of carbonyl (C=O) groups is 1. The van der Waals surface area contributed by atoms with Crippen LogP contribution in [0.4, 0.5) is 5.69 Å². The van der Waals surface area contributed by atoms with Crippen LogP contribution in [0.25, 0.3) is 28.2 Å². The van der Waals surface area contributed by atoms with E-state index in [1.807, 2.05) is 79.4 Å². The number of hydrogen-bond acceptors (Lipinski definition) is 3. The second kappa shape index (κ2) is 8.17. The standard InChI is InChI=1S/C28H25N3O2/c1-4-14-30-25-13-12-19(3)16-22(25)23(27(30)32)17-26-29-24-11-6-5-10-21(24)28(33)31(26)20-9-7-8-18(2)15-20/h5-13,15-17H,4,14H2,1-3H3/b23-17-. The lowest BCUT2D eigenvalue weighted by Gasteiger charge is -2.15. The Hall–Kier alpha value is -3.99. The van der Waals surface area contributed by atoms with Gasteiger partial charge in [-0.3, -0.25) is 14.2 Å². The Labute approximate surface area is 192 Å². The Bertz CT molecular complexity index is 1500. The number of benzene rings is 3. The maximum atomic E-state index is 13.6. The van der Waals surface area contributed by atoms with Gasteiger partial charge in [-0.1, -0.05) is 42.8 Å². The summed E-state index contributed by atoms with van der Waals surface area (Å²) < 4.78 is 1.60. The Morgan fingerprint density at radius 1 is 0.909 bits per heavy atom. The molecule has 0 aliphatic carbocycles. The fourth-order valence-corrected chi connectivity index (χ4v) is 4.45. The first kappa shape index (κ1) is 20.9. The summed E-state index contributed by atoms with van der Waals surface area (Å²) in [5, 5.41) is 0.544. The molecule has 0 saturated heterocycles. The van der Waals surface area contributed by atoms with E-state index in [2.05, 4.69) is 6.92 Å². The van der Waals surface area contributed by atoms with E-state index >= 15 is 0 Å². The maximum absolute atomic E-state index is 13.6. The fraction of sp³-hybridized carbons (Fsp3) is 0.179. The normalized spacial score (nSPS) is 14.3. The molecule has 1 aliphatic heterocycles. The van der Waals surface area contributed by atoms with Crippen molar-refractivity contribution in [2.75, 3.05) is 11.4 Å². The number of anilines is 1. The van der Waals surface area contributed by atoms with Crippen LogP contribution in [0.3, 0.4) is 0 Å². The first-order valence-electron chi connectivity index (χ1n) is 11.2. The van der Waals surface area contributed by atoms with Crippen molar-refractivity contribution in [3.63, 3.8) is 0 Å². The number of nitrogens with zero attached hydrogens (tertiary/aromatic N) is 3. The molecule has 4 aromatic rings. The Morgan fingerprint density at radius 3 is 2.48 bits per heavy atom. The van der Waals surface area contributed by atoms with Crippen molar-refractivity contribution < 1.29 is 4.79 Å². The van der Waals surface area contributed by atoms with Crippen molar-refractivity contribution in [2.24, 2.45) is 0 Å². The van der Waals surface area contributed by atoms with Crippen LogP contribution in [0.15, 0.2) is 71.5 Å². The molecule has 0 unspecified atom stereocenters. The van der Waals surface area contributed by atoms with Gasteiger partial charge in [0.2, 0.25) is 0 Å². The quantitative estimate of drug-likeness (QED) is 0.409. The van der Waals surface area contributed by atoms with E-state index in [-0.39, 0.29) is 11.5 Å². The van der Waals surface area contributed by atoms with Crippen molar-refractivity contribution in [3.8, 4) is 5.69 Å². The van der Waals surface area contributed by atoms with E-state index in [4.69, 9.17) is 4.98 Å².